The van der Waals surface area contributed by atoms with Gasteiger partial charge in [-0.1, -0.05) is 44.2 Å². The van der Waals surface area contributed by atoms with Gasteiger partial charge in [-0.3, -0.25) is 0 Å². The number of rotatable bonds is 3. The van der Waals surface area contributed by atoms with Crippen molar-refractivity contribution in [1.29, 1.82) is 0 Å². The van der Waals surface area contributed by atoms with Gasteiger partial charge in [-0.15, -0.1) is 0 Å². The molecule has 3 unspecified atom stereocenters. The number of nitrogens with one attached hydrogen (secondary N) is 2. The van der Waals surface area contributed by atoms with E-state index in [2.05, 4.69) is 54.8 Å². The van der Waals surface area contributed by atoms with Crippen molar-refractivity contribution in [2.45, 2.75) is 44.7 Å². The first kappa shape index (κ1) is 12.2. The van der Waals surface area contributed by atoms with E-state index < -0.39 is 0 Å². The standard InChI is InChI=1S/C16H24N2/c1-16(2)11-17-9-8-15(16)18-14-10-13(14)12-6-4-3-5-7-12/h3-7,13-15,17-18H,8-11H2,1-2H3. The van der Waals surface area contributed by atoms with Crippen LogP contribution in [0.1, 0.15) is 38.2 Å². The Kier molecular flexibility index (Phi) is 3.16. The summed E-state index contributed by atoms with van der Waals surface area (Å²) in [5, 5.41) is 7.39. The maximum Gasteiger partial charge on any atom is 0.0146 e. The van der Waals surface area contributed by atoms with E-state index in [1.807, 2.05) is 0 Å². The molecule has 2 aliphatic rings. The number of benzene rings is 1. The lowest BCUT2D eigenvalue weighted by molar-refractivity contribution is 0.183. The molecule has 1 aliphatic heterocycles. The molecule has 1 heterocycles. The van der Waals surface area contributed by atoms with Crippen LogP contribution in [-0.2, 0) is 0 Å². The molecule has 3 rings (SSSR count). The van der Waals surface area contributed by atoms with Gasteiger partial charge in [0, 0.05) is 24.5 Å². The molecule has 1 aromatic rings. The Bertz CT molecular complexity index is 399. The van der Waals surface area contributed by atoms with Gasteiger partial charge in [-0.05, 0) is 30.4 Å². The Morgan fingerprint density at radius 3 is 2.72 bits per heavy atom. The van der Waals surface area contributed by atoms with Crippen LogP contribution >= 0.6 is 0 Å². The van der Waals surface area contributed by atoms with Crippen LogP contribution < -0.4 is 10.6 Å². The van der Waals surface area contributed by atoms with Crippen LogP contribution in [0.5, 0.6) is 0 Å². The summed E-state index contributed by atoms with van der Waals surface area (Å²) in [5.41, 5.74) is 1.88. The Morgan fingerprint density at radius 1 is 1.22 bits per heavy atom. The highest BCUT2D eigenvalue weighted by Gasteiger charge is 2.42. The minimum absolute atomic E-state index is 0.377. The van der Waals surface area contributed by atoms with Gasteiger partial charge in [0.1, 0.15) is 0 Å². The van der Waals surface area contributed by atoms with Gasteiger partial charge < -0.3 is 10.6 Å². The zero-order valence-corrected chi connectivity index (χ0v) is 11.4. The van der Waals surface area contributed by atoms with Crippen molar-refractivity contribution >= 4 is 0 Å². The normalized spacial score (nSPS) is 34.2. The van der Waals surface area contributed by atoms with Gasteiger partial charge in [-0.2, -0.15) is 0 Å². The van der Waals surface area contributed by atoms with Crippen LogP contribution in [0.15, 0.2) is 30.3 Å². The van der Waals surface area contributed by atoms with Crippen molar-refractivity contribution in [3.8, 4) is 0 Å². The molecule has 98 valence electrons. The van der Waals surface area contributed by atoms with Gasteiger partial charge in [0.15, 0.2) is 0 Å². The second-order valence-electron chi connectivity index (χ2n) is 6.53. The van der Waals surface area contributed by atoms with Gasteiger partial charge in [0.05, 0.1) is 0 Å². The van der Waals surface area contributed by atoms with Crippen LogP contribution in [0.3, 0.4) is 0 Å². The summed E-state index contributed by atoms with van der Waals surface area (Å²) in [7, 11) is 0. The molecule has 2 heteroatoms. The molecule has 2 nitrogen and oxygen atoms in total. The quantitative estimate of drug-likeness (QED) is 0.854. The fourth-order valence-corrected chi connectivity index (χ4v) is 3.19. The predicted octanol–water partition coefficient (Wildman–Crippen LogP) is 2.52. The Balaban J connectivity index is 1.59. The smallest absolute Gasteiger partial charge is 0.0146 e. The monoisotopic (exact) mass is 244 g/mol. The zero-order chi connectivity index (χ0) is 12.6. The maximum absolute atomic E-state index is 3.89. The largest absolute Gasteiger partial charge is 0.316 e. The first-order valence-electron chi connectivity index (χ1n) is 7.18. The van der Waals surface area contributed by atoms with Crippen LogP contribution in [0.25, 0.3) is 0 Å². The third-order valence-electron chi connectivity index (χ3n) is 4.57. The average Bonchev–Trinajstić information content (AvgIpc) is 3.12. The Labute approximate surface area is 110 Å². The molecule has 1 aliphatic carbocycles. The van der Waals surface area contributed by atoms with Gasteiger partial charge in [0.25, 0.3) is 0 Å². The highest BCUT2D eigenvalue weighted by atomic mass is 15.1. The van der Waals surface area contributed by atoms with Crippen molar-refractivity contribution in [2.24, 2.45) is 5.41 Å². The molecular formula is C16H24N2. The first-order chi connectivity index (χ1) is 8.67. The number of hydrogen-bond acceptors (Lipinski definition) is 2. The molecular weight excluding hydrogens is 220 g/mol. The molecule has 3 atom stereocenters. The second-order valence-corrected chi connectivity index (χ2v) is 6.53. The highest BCUT2D eigenvalue weighted by molar-refractivity contribution is 5.27. The van der Waals surface area contributed by atoms with E-state index in [-0.39, 0.29) is 0 Å². The fourth-order valence-electron chi connectivity index (χ4n) is 3.19. The third kappa shape index (κ3) is 2.45. The molecule has 0 aromatic heterocycles. The van der Waals surface area contributed by atoms with Gasteiger partial charge in [-0.25, -0.2) is 0 Å². The van der Waals surface area contributed by atoms with Crippen molar-refractivity contribution in [1.82, 2.24) is 10.6 Å². The summed E-state index contributed by atoms with van der Waals surface area (Å²) < 4.78 is 0. The molecule has 0 radical (unpaired) electrons. The van der Waals surface area contributed by atoms with Crippen molar-refractivity contribution in [3.63, 3.8) is 0 Å². The lowest BCUT2D eigenvalue weighted by atomic mass is 9.80. The average molecular weight is 244 g/mol. The van der Waals surface area contributed by atoms with E-state index in [1.54, 1.807) is 0 Å². The lowest BCUT2D eigenvalue weighted by Gasteiger charge is -2.40. The fraction of sp³-hybridized carbons (Fsp3) is 0.625. The second kappa shape index (κ2) is 4.67. The topological polar surface area (TPSA) is 24.1 Å². The van der Waals surface area contributed by atoms with E-state index in [4.69, 9.17) is 0 Å². The molecule has 18 heavy (non-hydrogen) atoms. The summed E-state index contributed by atoms with van der Waals surface area (Å²) in [6, 6.07) is 12.3. The lowest BCUT2D eigenvalue weighted by Crippen LogP contribution is -2.53. The summed E-state index contributed by atoms with van der Waals surface area (Å²) in [4.78, 5) is 0. The van der Waals surface area contributed by atoms with Crippen LogP contribution in [0.4, 0.5) is 0 Å². The van der Waals surface area contributed by atoms with Crippen molar-refractivity contribution in [3.05, 3.63) is 35.9 Å². The summed E-state index contributed by atoms with van der Waals surface area (Å²) in [6.45, 7) is 7.03. The van der Waals surface area contributed by atoms with Crippen LogP contribution in [0.2, 0.25) is 0 Å². The Hall–Kier alpha value is -0.860. The molecule has 1 saturated carbocycles. The van der Waals surface area contributed by atoms with Gasteiger partial charge in [0.2, 0.25) is 0 Å². The molecule has 0 amide bonds. The first-order valence-corrected chi connectivity index (χ1v) is 7.18. The van der Waals surface area contributed by atoms with Gasteiger partial charge >= 0.3 is 0 Å². The number of piperidine rings is 1. The molecule has 0 bridgehead atoms. The SMILES string of the molecule is CC1(C)CNCCC1NC1CC1c1ccccc1. The molecule has 1 saturated heterocycles. The third-order valence-corrected chi connectivity index (χ3v) is 4.57. The number of hydrogen-bond donors (Lipinski definition) is 2. The van der Waals surface area contributed by atoms with E-state index >= 15 is 0 Å². The minimum Gasteiger partial charge on any atom is -0.316 e. The summed E-state index contributed by atoms with van der Waals surface area (Å²) in [6.07, 6.45) is 2.56. The predicted molar refractivity (Wildman–Crippen MR) is 75.8 cm³/mol. The van der Waals surface area contributed by atoms with Crippen molar-refractivity contribution in [2.75, 3.05) is 13.1 Å². The van der Waals surface area contributed by atoms with Crippen LogP contribution in [0, 0.1) is 5.41 Å². The summed E-state index contributed by atoms with van der Waals surface area (Å²) >= 11 is 0. The minimum atomic E-state index is 0.377. The van der Waals surface area contributed by atoms with E-state index in [0.29, 0.717) is 17.5 Å². The molecule has 0 spiro atoms. The maximum atomic E-state index is 3.89. The van der Waals surface area contributed by atoms with E-state index in [9.17, 15) is 0 Å². The van der Waals surface area contributed by atoms with E-state index in [1.165, 1.54) is 18.4 Å². The molecule has 1 aromatic carbocycles. The zero-order valence-electron chi connectivity index (χ0n) is 11.4. The van der Waals surface area contributed by atoms with Crippen molar-refractivity contribution < 1.29 is 0 Å². The summed E-state index contributed by atoms with van der Waals surface area (Å²) in [5.74, 6) is 0.747. The molecule has 2 N–H and O–H groups in total. The van der Waals surface area contributed by atoms with Crippen LogP contribution in [-0.4, -0.2) is 25.2 Å². The highest BCUT2D eigenvalue weighted by Crippen LogP contribution is 2.42. The Morgan fingerprint density at radius 2 is 2.00 bits per heavy atom. The van der Waals surface area contributed by atoms with E-state index in [0.717, 1.165) is 19.0 Å². The molecule has 2 fully saturated rings.